The van der Waals surface area contributed by atoms with Gasteiger partial charge in [-0.3, -0.25) is 19.8 Å². The molecule has 0 aliphatic carbocycles. The van der Waals surface area contributed by atoms with Crippen molar-refractivity contribution in [2.75, 3.05) is 19.7 Å². The van der Waals surface area contributed by atoms with Gasteiger partial charge in [0, 0.05) is 26.4 Å². The predicted octanol–water partition coefficient (Wildman–Crippen LogP) is -0.882. The molecule has 12 nitrogen and oxygen atoms in total. The van der Waals surface area contributed by atoms with Crippen LogP contribution in [-0.2, 0) is 19.1 Å². The second-order valence-corrected chi connectivity index (χ2v) is 6.34. The smallest absolute Gasteiger partial charge is 0.302 e. The molecule has 27 heavy (non-hydrogen) atoms. The largest absolute Gasteiger partial charge is 0.466 e. The summed E-state index contributed by atoms with van der Waals surface area (Å²) in [7, 11) is 0. The minimum atomic E-state index is -0.963. The number of esters is 1. The molecule has 1 saturated heterocycles. The van der Waals surface area contributed by atoms with E-state index in [4.69, 9.17) is 15.9 Å². The number of nitrogens with two attached hydrogens (primary N) is 1. The second-order valence-electron chi connectivity index (χ2n) is 6.34. The minimum absolute atomic E-state index is 0.0301. The van der Waals surface area contributed by atoms with Crippen LogP contribution in [0.3, 0.4) is 0 Å². The number of hydrogen-bond donors (Lipinski definition) is 4. The maximum absolute atomic E-state index is 12.7. The third kappa shape index (κ3) is 8.83. The number of guanidine groups is 1. The number of carbonyl (C=O) groups excluding carboxylic acids is 3. The first-order chi connectivity index (χ1) is 12.7. The molecular weight excluding hydrogens is 360 g/mol. The Kier molecular flexibility index (Phi) is 8.96. The topological polar surface area (TPSA) is 181 Å². The van der Waals surface area contributed by atoms with Crippen molar-refractivity contribution < 1.29 is 24.2 Å². The van der Waals surface area contributed by atoms with E-state index in [1.807, 2.05) is 0 Å². The maximum atomic E-state index is 12.7. The van der Waals surface area contributed by atoms with Crippen LogP contribution >= 0.6 is 0 Å². The maximum Gasteiger partial charge on any atom is 0.302 e. The van der Waals surface area contributed by atoms with Crippen molar-refractivity contribution in [1.82, 2.24) is 15.6 Å². The zero-order valence-corrected chi connectivity index (χ0v) is 15.2. The molecule has 2 amide bonds. The third-order valence-corrected chi connectivity index (χ3v) is 4.26. The van der Waals surface area contributed by atoms with Gasteiger partial charge in [0.15, 0.2) is 5.03 Å². The standard InChI is InChI=1S/C15H26N6O6/c1-10(22)27-9-6-11-4-7-20(8-5-11)14(24)12(2-3-13(16)23)18-15(17)19-21(25)26/h11-12H,2-9H2,1H3,(H2,16,23)(H3,17,18,19)/t12-/m0/s1. The van der Waals surface area contributed by atoms with Crippen LogP contribution in [0.2, 0.25) is 0 Å². The molecular formula is C15H26N6O6. The van der Waals surface area contributed by atoms with Crippen LogP contribution in [0, 0.1) is 21.4 Å². The average Bonchev–Trinajstić information content (AvgIpc) is 2.57. The number of hydrazine groups is 1. The lowest BCUT2D eigenvalue weighted by Gasteiger charge is -2.34. The molecule has 1 rings (SSSR count). The summed E-state index contributed by atoms with van der Waals surface area (Å²) in [5.41, 5.74) is 6.74. The van der Waals surface area contributed by atoms with Gasteiger partial charge in [0.05, 0.1) is 6.61 Å². The monoisotopic (exact) mass is 386 g/mol. The molecule has 0 radical (unpaired) electrons. The molecule has 1 aliphatic heterocycles. The van der Waals surface area contributed by atoms with Gasteiger partial charge < -0.3 is 20.7 Å². The molecule has 0 aromatic rings. The zero-order valence-electron chi connectivity index (χ0n) is 15.2. The van der Waals surface area contributed by atoms with Gasteiger partial charge >= 0.3 is 5.97 Å². The van der Waals surface area contributed by atoms with Gasteiger partial charge in [-0.25, -0.2) is 10.1 Å². The number of hydrogen-bond acceptors (Lipinski definition) is 7. The van der Waals surface area contributed by atoms with E-state index in [1.54, 1.807) is 10.3 Å². The summed E-state index contributed by atoms with van der Waals surface area (Å²) in [6.07, 6.45) is 2.14. The number of rotatable bonds is 9. The van der Waals surface area contributed by atoms with E-state index in [1.165, 1.54) is 6.92 Å². The SMILES string of the molecule is CC(=O)OCCC1CCN(C(=O)[C@H](CCC(N)=O)NC(=N)N[N+](=O)[O-])CC1. The van der Waals surface area contributed by atoms with E-state index < -0.39 is 22.9 Å². The molecule has 152 valence electrons. The lowest BCUT2D eigenvalue weighted by atomic mass is 9.93. The highest BCUT2D eigenvalue weighted by Gasteiger charge is 2.29. The first-order valence-electron chi connectivity index (χ1n) is 8.65. The number of nitrogens with one attached hydrogen (secondary N) is 3. The number of piperidine rings is 1. The lowest BCUT2D eigenvalue weighted by molar-refractivity contribution is -0.525. The first-order valence-corrected chi connectivity index (χ1v) is 8.65. The highest BCUT2D eigenvalue weighted by atomic mass is 16.7. The molecule has 0 spiro atoms. The summed E-state index contributed by atoms with van der Waals surface area (Å²) in [5, 5.41) is 19.4. The summed E-state index contributed by atoms with van der Waals surface area (Å²) in [5.74, 6) is -1.58. The van der Waals surface area contributed by atoms with E-state index >= 15 is 0 Å². The summed E-state index contributed by atoms with van der Waals surface area (Å²) >= 11 is 0. The van der Waals surface area contributed by atoms with Gasteiger partial charge in [-0.05, 0) is 31.6 Å². The van der Waals surface area contributed by atoms with Gasteiger partial charge in [0.25, 0.3) is 5.96 Å². The van der Waals surface area contributed by atoms with Gasteiger partial charge in [0.1, 0.15) is 6.04 Å². The molecule has 1 fully saturated rings. The molecule has 1 heterocycles. The average molecular weight is 386 g/mol. The number of likely N-dealkylation sites (tertiary alicyclic amines) is 1. The van der Waals surface area contributed by atoms with Gasteiger partial charge in [0.2, 0.25) is 11.8 Å². The number of carbonyl (C=O) groups is 3. The predicted molar refractivity (Wildman–Crippen MR) is 93.8 cm³/mol. The molecule has 1 aliphatic rings. The molecule has 1 atom stereocenters. The highest BCUT2D eigenvalue weighted by molar-refractivity contribution is 5.88. The van der Waals surface area contributed by atoms with Gasteiger partial charge in [-0.15, -0.1) is 0 Å². The van der Waals surface area contributed by atoms with Crippen molar-refractivity contribution >= 4 is 23.7 Å². The van der Waals surface area contributed by atoms with Crippen molar-refractivity contribution in [3.63, 3.8) is 0 Å². The summed E-state index contributed by atoms with van der Waals surface area (Å²) in [6.45, 7) is 2.66. The number of ether oxygens (including phenoxy) is 1. The molecule has 0 unspecified atom stereocenters. The summed E-state index contributed by atoms with van der Waals surface area (Å²) in [6, 6.07) is -0.963. The van der Waals surface area contributed by atoms with E-state index in [0.717, 1.165) is 19.3 Å². The van der Waals surface area contributed by atoms with Crippen molar-refractivity contribution in [2.45, 2.75) is 45.1 Å². The Hall–Kier alpha value is -2.92. The Balaban J connectivity index is 2.56. The van der Waals surface area contributed by atoms with E-state index in [0.29, 0.717) is 25.6 Å². The van der Waals surface area contributed by atoms with E-state index in [2.05, 4.69) is 5.32 Å². The lowest BCUT2D eigenvalue weighted by Crippen LogP contribution is -2.54. The number of amides is 2. The fourth-order valence-electron chi connectivity index (χ4n) is 2.87. The zero-order chi connectivity index (χ0) is 20.4. The number of nitrogens with zero attached hydrogens (tertiary/aromatic N) is 2. The van der Waals surface area contributed by atoms with Gasteiger partial charge in [-0.2, -0.15) is 0 Å². The van der Waals surface area contributed by atoms with E-state index in [9.17, 15) is 24.5 Å². The van der Waals surface area contributed by atoms with Crippen molar-refractivity contribution in [1.29, 1.82) is 5.41 Å². The normalized spacial score (nSPS) is 15.5. The van der Waals surface area contributed by atoms with Crippen LogP contribution in [0.25, 0.3) is 0 Å². The Morgan fingerprint density at radius 2 is 2.00 bits per heavy atom. The Morgan fingerprint density at radius 3 is 2.52 bits per heavy atom. The van der Waals surface area contributed by atoms with E-state index in [-0.39, 0.29) is 24.7 Å². The minimum Gasteiger partial charge on any atom is -0.466 e. The molecule has 5 N–H and O–H groups in total. The van der Waals surface area contributed by atoms with Crippen LogP contribution in [0.4, 0.5) is 0 Å². The van der Waals surface area contributed by atoms with Crippen LogP contribution in [-0.4, -0.2) is 59.4 Å². The van der Waals surface area contributed by atoms with Crippen LogP contribution in [0.5, 0.6) is 0 Å². The molecule has 0 saturated carbocycles. The first kappa shape index (κ1) is 22.1. The molecule has 0 bridgehead atoms. The number of nitro groups is 1. The van der Waals surface area contributed by atoms with Crippen LogP contribution < -0.4 is 16.5 Å². The Labute approximate surface area is 156 Å². The summed E-state index contributed by atoms with van der Waals surface area (Å²) in [4.78, 5) is 46.5. The molecule has 0 aromatic carbocycles. The number of primary amides is 1. The van der Waals surface area contributed by atoms with Crippen molar-refractivity contribution in [3.8, 4) is 0 Å². The molecule has 12 heteroatoms. The van der Waals surface area contributed by atoms with Crippen molar-refractivity contribution in [3.05, 3.63) is 10.1 Å². The van der Waals surface area contributed by atoms with Crippen molar-refractivity contribution in [2.24, 2.45) is 11.7 Å². The fraction of sp³-hybridized carbons (Fsp3) is 0.733. The molecule has 0 aromatic heterocycles. The third-order valence-electron chi connectivity index (χ3n) is 4.26. The van der Waals surface area contributed by atoms with Gasteiger partial charge in [-0.1, -0.05) is 5.43 Å². The fourth-order valence-corrected chi connectivity index (χ4v) is 2.87. The van der Waals surface area contributed by atoms with Crippen LogP contribution in [0.1, 0.15) is 39.0 Å². The van der Waals surface area contributed by atoms with Crippen LogP contribution in [0.15, 0.2) is 0 Å². The highest BCUT2D eigenvalue weighted by Crippen LogP contribution is 2.21. The Bertz CT molecular complexity index is 575. The quantitative estimate of drug-likeness (QED) is 0.129. The Morgan fingerprint density at radius 1 is 1.37 bits per heavy atom. The second kappa shape index (κ2) is 10.9. The summed E-state index contributed by atoms with van der Waals surface area (Å²) < 4.78 is 4.93.